The molecule has 0 unspecified atom stereocenters. The summed E-state index contributed by atoms with van der Waals surface area (Å²) in [5.74, 6) is 0. The molecule has 0 atom stereocenters. The van der Waals surface area contributed by atoms with Crippen molar-refractivity contribution in [2.75, 3.05) is 4.90 Å². The summed E-state index contributed by atoms with van der Waals surface area (Å²) in [5.41, 5.74) is 24.1. The zero-order valence-electron chi connectivity index (χ0n) is 36.2. The summed E-state index contributed by atoms with van der Waals surface area (Å²) >= 11 is 0. The predicted molar refractivity (Wildman–Crippen MR) is 270 cm³/mol. The number of anilines is 3. The minimum absolute atomic E-state index is 1.10. The summed E-state index contributed by atoms with van der Waals surface area (Å²) in [5, 5.41) is 2.55. The van der Waals surface area contributed by atoms with Gasteiger partial charge in [0.15, 0.2) is 0 Å². The number of hydrogen-bond acceptors (Lipinski definition) is 1. The van der Waals surface area contributed by atoms with Gasteiger partial charge in [-0.05, 0) is 173 Å². The van der Waals surface area contributed by atoms with E-state index in [4.69, 9.17) is 0 Å². The van der Waals surface area contributed by atoms with Crippen LogP contribution in [0.25, 0.3) is 72.0 Å². The number of para-hydroxylation sites is 2. The molecule has 2 heteroatoms. The van der Waals surface area contributed by atoms with Gasteiger partial charge in [0, 0.05) is 27.8 Å². The molecule has 12 rings (SSSR count). The smallest absolute Gasteiger partial charge is 0.0541 e. The molecule has 0 radical (unpaired) electrons. The van der Waals surface area contributed by atoms with Gasteiger partial charge < -0.3 is 9.47 Å². The maximum absolute atomic E-state index is 2.63. The Morgan fingerprint density at radius 1 is 0.312 bits per heavy atom. The lowest BCUT2D eigenvalue weighted by Gasteiger charge is -2.37. The molecular weight excluding hydrogens is 773 g/mol. The SMILES string of the molecule is c1ccc(-c2ccc(-c3c4c(c(N(c5ccc(-c6ccccc6)cc5)c5ccc(-c6ccc7c(c6)c6ccccc6n7-c6ccccc6)cc5)c5c3CCCC5)CCCC4)cc2)cc1. The van der Waals surface area contributed by atoms with Gasteiger partial charge in [0.2, 0.25) is 0 Å². The molecular formula is C62H50N2. The third-order valence-electron chi connectivity index (χ3n) is 14.0. The first-order chi connectivity index (χ1) is 31.8. The number of fused-ring (bicyclic) bond motifs is 5. The van der Waals surface area contributed by atoms with Gasteiger partial charge in [0.05, 0.1) is 16.7 Å². The zero-order valence-corrected chi connectivity index (χ0v) is 36.2. The van der Waals surface area contributed by atoms with Crippen molar-refractivity contribution in [1.29, 1.82) is 0 Å². The molecule has 0 bridgehead atoms. The first-order valence-electron chi connectivity index (χ1n) is 23.3. The predicted octanol–water partition coefficient (Wildman–Crippen LogP) is 16.7. The lowest BCUT2D eigenvalue weighted by atomic mass is 9.75. The van der Waals surface area contributed by atoms with Crippen LogP contribution in [0.15, 0.2) is 206 Å². The van der Waals surface area contributed by atoms with Crippen LogP contribution in [0.1, 0.15) is 47.9 Å². The van der Waals surface area contributed by atoms with Gasteiger partial charge >= 0.3 is 0 Å². The summed E-state index contributed by atoms with van der Waals surface area (Å²) in [7, 11) is 0. The van der Waals surface area contributed by atoms with Crippen LogP contribution in [0.3, 0.4) is 0 Å². The number of aromatic nitrogens is 1. The molecule has 0 fully saturated rings. The van der Waals surface area contributed by atoms with E-state index in [0.29, 0.717) is 0 Å². The van der Waals surface area contributed by atoms with E-state index in [-0.39, 0.29) is 0 Å². The lowest BCUT2D eigenvalue weighted by molar-refractivity contribution is 0.661. The molecule has 0 saturated heterocycles. The molecule has 9 aromatic carbocycles. The summed E-state index contributed by atoms with van der Waals surface area (Å²) in [6.45, 7) is 0. The van der Waals surface area contributed by atoms with Crippen LogP contribution in [-0.2, 0) is 25.7 Å². The van der Waals surface area contributed by atoms with Crippen molar-refractivity contribution in [2.45, 2.75) is 51.4 Å². The average molecular weight is 823 g/mol. The highest BCUT2D eigenvalue weighted by atomic mass is 15.1. The van der Waals surface area contributed by atoms with Crippen molar-refractivity contribution >= 4 is 38.9 Å². The molecule has 2 aliphatic rings. The third-order valence-corrected chi connectivity index (χ3v) is 14.0. The van der Waals surface area contributed by atoms with Crippen LogP contribution in [0.4, 0.5) is 17.1 Å². The van der Waals surface area contributed by atoms with Gasteiger partial charge in [0.1, 0.15) is 0 Å². The van der Waals surface area contributed by atoms with Crippen LogP contribution in [-0.4, -0.2) is 4.57 Å². The molecule has 2 nitrogen and oxygen atoms in total. The number of rotatable bonds is 8. The molecule has 64 heavy (non-hydrogen) atoms. The van der Waals surface area contributed by atoms with E-state index < -0.39 is 0 Å². The van der Waals surface area contributed by atoms with Gasteiger partial charge in [-0.2, -0.15) is 0 Å². The Kier molecular flexibility index (Phi) is 9.79. The fourth-order valence-electron chi connectivity index (χ4n) is 11.0. The number of nitrogens with zero attached hydrogens (tertiary/aromatic N) is 2. The van der Waals surface area contributed by atoms with E-state index >= 15 is 0 Å². The maximum atomic E-state index is 2.63. The largest absolute Gasteiger partial charge is 0.310 e. The molecule has 0 saturated carbocycles. The number of benzene rings is 9. The molecule has 308 valence electrons. The Balaban J connectivity index is 1.00. The molecule has 2 aliphatic carbocycles. The van der Waals surface area contributed by atoms with E-state index in [9.17, 15) is 0 Å². The molecule has 10 aromatic rings. The second-order valence-corrected chi connectivity index (χ2v) is 17.7. The molecule has 0 N–H and O–H groups in total. The maximum Gasteiger partial charge on any atom is 0.0541 e. The average Bonchev–Trinajstić information content (AvgIpc) is 3.71. The second kappa shape index (κ2) is 16.4. The van der Waals surface area contributed by atoms with Crippen LogP contribution in [0, 0.1) is 0 Å². The molecule has 0 spiro atoms. The van der Waals surface area contributed by atoms with Crippen molar-refractivity contribution in [3.8, 4) is 50.2 Å². The van der Waals surface area contributed by atoms with Gasteiger partial charge in [-0.15, -0.1) is 0 Å². The van der Waals surface area contributed by atoms with Crippen molar-refractivity contribution in [1.82, 2.24) is 4.57 Å². The van der Waals surface area contributed by atoms with Gasteiger partial charge in [-0.3, -0.25) is 0 Å². The first-order valence-corrected chi connectivity index (χ1v) is 23.3. The Morgan fingerprint density at radius 3 is 1.28 bits per heavy atom. The van der Waals surface area contributed by atoms with E-state index in [0.717, 1.165) is 25.7 Å². The first kappa shape index (κ1) is 38.3. The highest BCUT2D eigenvalue weighted by Crippen LogP contribution is 2.50. The van der Waals surface area contributed by atoms with Crippen LogP contribution in [0.2, 0.25) is 0 Å². The zero-order chi connectivity index (χ0) is 42.4. The van der Waals surface area contributed by atoms with E-state index in [1.165, 1.54) is 115 Å². The fraction of sp³-hybridized carbons (Fsp3) is 0.129. The Labute approximate surface area is 376 Å². The highest BCUT2D eigenvalue weighted by Gasteiger charge is 2.31. The Hall–Kier alpha value is -7.42. The van der Waals surface area contributed by atoms with Gasteiger partial charge in [-0.1, -0.05) is 152 Å². The summed E-state index contributed by atoms with van der Waals surface area (Å²) in [6, 6.07) is 76.4. The minimum atomic E-state index is 1.10. The van der Waals surface area contributed by atoms with Crippen LogP contribution < -0.4 is 4.90 Å². The summed E-state index contributed by atoms with van der Waals surface area (Å²) < 4.78 is 2.39. The van der Waals surface area contributed by atoms with Crippen LogP contribution >= 0.6 is 0 Å². The van der Waals surface area contributed by atoms with E-state index in [1.807, 2.05) is 0 Å². The van der Waals surface area contributed by atoms with Gasteiger partial charge in [0.25, 0.3) is 0 Å². The Bertz CT molecular complexity index is 3230. The van der Waals surface area contributed by atoms with Crippen molar-refractivity contribution in [3.05, 3.63) is 229 Å². The molecule has 1 aromatic heterocycles. The quantitative estimate of drug-likeness (QED) is 0.148. The molecule has 1 heterocycles. The molecule has 0 aliphatic heterocycles. The summed E-state index contributed by atoms with van der Waals surface area (Å²) in [4.78, 5) is 2.63. The van der Waals surface area contributed by atoms with E-state index in [1.54, 1.807) is 22.3 Å². The lowest BCUT2D eigenvalue weighted by Crippen LogP contribution is -2.21. The van der Waals surface area contributed by atoms with E-state index in [2.05, 4.69) is 216 Å². The highest BCUT2D eigenvalue weighted by molar-refractivity contribution is 6.10. The standard InChI is InChI=1S/C62H50N2/c1-4-16-43(17-5-1)45-28-30-48(31-29-45)61-54-23-10-12-25-56(54)62(57-26-13-11-24-55(57)61)63(51-37-32-46(33-38-51)44-18-6-2-7-19-44)52-39-34-47(35-40-52)49-36-41-60-58(42-49)53-22-14-15-27-59(53)64(60)50-20-8-3-9-21-50/h1-9,14-22,27-42H,10-13,23-26H2. The van der Waals surface area contributed by atoms with Crippen molar-refractivity contribution < 1.29 is 0 Å². The van der Waals surface area contributed by atoms with Crippen LogP contribution in [0.5, 0.6) is 0 Å². The van der Waals surface area contributed by atoms with Crippen molar-refractivity contribution in [3.63, 3.8) is 0 Å². The third kappa shape index (κ3) is 6.73. The summed E-state index contributed by atoms with van der Waals surface area (Å²) in [6.07, 6.45) is 9.33. The second-order valence-electron chi connectivity index (χ2n) is 17.7. The molecule has 0 amide bonds. The van der Waals surface area contributed by atoms with Crippen molar-refractivity contribution in [2.24, 2.45) is 0 Å². The topological polar surface area (TPSA) is 8.17 Å². The fourth-order valence-corrected chi connectivity index (χ4v) is 11.0. The number of hydrogen-bond donors (Lipinski definition) is 0. The minimum Gasteiger partial charge on any atom is -0.310 e. The monoisotopic (exact) mass is 822 g/mol. The normalized spacial score (nSPS) is 13.4. The van der Waals surface area contributed by atoms with Gasteiger partial charge in [-0.25, -0.2) is 0 Å². The Morgan fingerprint density at radius 2 is 0.719 bits per heavy atom.